The quantitative estimate of drug-likeness (QED) is 0.938. The second-order valence-electron chi connectivity index (χ2n) is 4.73. The first-order valence-corrected chi connectivity index (χ1v) is 6.90. The molecular weight excluding hydrogens is 276 g/mol. The summed E-state index contributed by atoms with van der Waals surface area (Å²) in [5, 5.41) is 9.88. The predicted octanol–water partition coefficient (Wildman–Crippen LogP) is 3.39. The molecule has 1 atom stereocenters. The maximum Gasteiger partial charge on any atom is 0.126 e. The average Bonchev–Trinajstić information content (AvgIpc) is 2.88. The molecule has 3 rings (SSSR count). The van der Waals surface area contributed by atoms with E-state index < -0.39 is 0 Å². The molecule has 0 saturated heterocycles. The molecule has 1 N–H and O–H groups in total. The molecule has 0 bridgehead atoms. The van der Waals surface area contributed by atoms with Gasteiger partial charge >= 0.3 is 0 Å². The van der Waals surface area contributed by atoms with Crippen molar-refractivity contribution in [2.45, 2.75) is 12.5 Å². The lowest BCUT2D eigenvalue weighted by Gasteiger charge is -2.14. The minimum Gasteiger partial charge on any atom is -0.493 e. The molecule has 4 heteroatoms. The Kier molecular flexibility index (Phi) is 3.81. The normalized spacial score (nSPS) is 16.6. The highest BCUT2D eigenvalue weighted by molar-refractivity contribution is 6.31. The van der Waals surface area contributed by atoms with E-state index in [0.29, 0.717) is 29.5 Å². The molecule has 2 aromatic carbocycles. The van der Waals surface area contributed by atoms with Crippen LogP contribution in [0.25, 0.3) is 0 Å². The van der Waals surface area contributed by atoms with Crippen molar-refractivity contribution in [1.29, 1.82) is 0 Å². The Morgan fingerprint density at radius 3 is 2.90 bits per heavy atom. The summed E-state index contributed by atoms with van der Waals surface area (Å²) in [6.07, 6.45) is 0. The third-order valence-corrected chi connectivity index (χ3v) is 3.83. The fraction of sp³-hybridized carbons (Fsp3) is 0.250. The van der Waals surface area contributed by atoms with Gasteiger partial charge in [-0.05, 0) is 18.2 Å². The number of aliphatic hydroxyl groups is 1. The van der Waals surface area contributed by atoms with Crippen LogP contribution >= 0.6 is 11.6 Å². The smallest absolute Gasteiger partial charge is 0.126 e. The lowest BCUT2D eigenvalue weighted by atomic mass is 10.0. The van der Waals surface area contributed by atoms with Gasteiger partial charge < -0.3 is 14.6 Å². The molecule has 0 radical (unpaired) electrons. The minimum absolute atomic E-state index is 0.132. The number of benzene rings is 2. The molecule has 0 saturated carbocycles. The van der Waals surface area contributed by atoms with Gasteiger partial charge in [0.15, 0.2) is 0 Å². The van der Waals surface area contributed by atoms with Crippen molar-refractivity contribution in [3.63, 3.8) is 0 Å². The Morgan fingerprint density at radius 1 is 1.20 bits per heavy atom. The van der Waals surface area contributed by atoms with Gasteiger partial charge in [0.25, 0.3) is 0 Å². The van der Waals surface area contributed by atoms with Crippen molar-refractivity contribution in [2.24, 2.45) is 0 Å². The second kappa shape index (κ2) is 5.73. The first-order valence-electron chi connectivity index (χ1n) is 6.52. The van der Waals surface area contributed by atoms with E-state index in [1.807, 2.05) is 30.3 Å². The fourth-order valence-electron chi connectivity index (χ4n) is 2.39. The summed E-state index contributed by atoms with van der Waals surface area (Å²) in [4.78, 5) is 0. The molecular formula is C16H15ClO3. The Morgan fingerprint density at radius 2 is 2.05 bits per heavy atom. The van der Waals surface area contributed by atoms with Crippen LogP contribution in [-0.4, -0.2) is 18.3 Å². The minimum atomic E-state index is -0.132. The largest absolute Gasteiger partial charge is 0.493 e. The van der Waals surface area contributed by atoms with E-state index in [1.54, 1.807) is 6.07 Å². The van der Waals surface area contributed by atoms with Crippen LogP contribution in [0.2, 0.25) is 5.02 Å². The molecule has 1 unspecified atom stereocenters. The van der Waals surface area contributed by atoms with E-state index in [0.717, 1.165) is 5.75 Å². The standard InChI is InChI=1S/C16H15ClO3/c17-14-5-3-7-16(13(14)8-18)20-10-11-9-19-15-6-2-1-4-12(11)15/h1-7,11,18H,8-10H2. The highest BCUT2D eigenvalue weighted by Gasteiger charge is 2.24. The number of fused-ring (bicyclic) bond motifs is 1. The molecule has 2 aromatic rings. The summed E-state index contributed by atoms with van der Waals surface area (Å²) >= 11 is 6.04. The van der Waals surface area contributed by atoms with Gasteiger partial charge in [-0.2, -0.15) is 0 Å². The Hall–Kier alpha value is -1.71. The lowest BCUT2D eigenvalue weighted by molar-refractivity contribution is 0.235. The molecule has 20 heavy (non-hydrogen) atoms. The van der Waals surface area contributed by atoms with E-state index in [4.69, 9.17) is 21.1 Å². The van der Waals surface area contributed by atoms with Gasteiger partial charge in [-0.25, -0.2) is 0 Å². The average molecular weight is 291 g/mol. The van der Waals surface area contributed by atoms with Crippen LogP contribution in [0.5, 0.6) is 11.5 Å². The van der Waals surface area contributed by atoms with Gasteiger partial charge in [-0.15, -0.1) is 0 Å². The lowest BCUT2D eigenvalue weighted by Crippen LogP contribution is -2.12. The molecule has 0 fully saturated rings. The van der Waals surface area contributed by atoms with E-state index in [9.17, 15) is 5.11 Å². The van der Waals surface area contributed by atoms with Crippen LogP contribution in [0.4, 0.5) is 0 Å². The van der Waals surface area contributed by atoms with E-state index in [-0.39, 0.29) is 12.5 Å². The van der Waals surface area contributed by atoms with Gasteiger partial charge in [0, 0.05) is 16.1 Å². The van der Waals surface area contributed by atoms with E-state index in [1.165, 1.54) is 5.56 Å². The van der Waals surface area contributed by atoms with Gasteiger partial charge in [0.1, 0.15) is 11.5 Å². The Bertz CT molecular complexity index is 612. The zero-order valence-corrected chi connectivity index (χ0v) is 11.6. The monoisotopic (exact) mass is 290 g/mol. The molecule has 3 nitrogen and oxygen atoms in total. The second-order valence-corrected chi connectivity index (χ2v) is 5.14. The zero-order chi connectivity index (χ0) is 13.9. The molecule has 1 aliphatic heterocycles. The molecule has 1 aliphatic rings. The third kappa shape index (κ3) is 2.47. The van der Waals surface area contributed by atoms with Crippen molar-refractivity contribution in [1.82, 2.24) is 0 Å². The number of ether oxygens (including phenoxy) is 2. The van der Waals surface area contributed by atoms with Crippen LogP contribution < -0.4 is 9.47 Å². The topological polar surface area (TPSA) is 38.7 Å². The van der Waals surface area contributed by atoms with Crippen molar-refractivity contribution in [2.75, 3.05) is 13.2 Å². The highest BCUT2D eigenvalue weighted by Crippen LogP contribution is 2.34. The summed E-state index contributed by atoms with van der Waals surface area (Å²) in [5.74, 6) is 1.76. The van der Waals surface area contributed by atoms with Crippen LogP contribution in [0.1, 0.15) is 17.0 Å². The fourth-order valence-corrected chi connectivity index (χ4v) is 2.61. The summed E-state index contributed by atoms with van der Waals surface area (Å²) in [6, 6.07) is 13.4. The van der Waals surface area contributed by atoms with Gasteiger partial charge in [-0.1, -0.05) is 35.9 Å². The van der Waals surface area contributed by atoms with Gasteiger partial charge in [0.2, 0.25) is 0 Å². The third-order valence-electron chi connectivity index (χ3n) is 3.47. The molecule has 0 spiro atoms. The van der Waals surface area contributed by atoms with Crippen molar-refractivity contribution in [3.05, 3.63) is 58.6 Å². The van der Waals surface area contributed by atoms with Crippen LogP contribution in [0, 0.1) is 0 Å². The summed E-state index contributed by atoms with van der Waals surface area (Å²) in [5.41, 5.74) is 1.79. The predicted molar refractivity (Wildman–Crippen MR) is 77.5 cm³/mol. The zero-order valence-electron chi connectivity index (χ0n) is 10.9. The number of para-hydroxylation sites is 1. The maximum atomic E-state index is 9.36. The van der Waals surface area contributed by atoms with E-state index >= 15 is 0 Å². The van der Waals surface area contributed by atoms with Crippen LogP contribution in [0.15, 0.2) is 42.5 Å². The molecule has 104 valence electrons. The summed E-state index contributed by atoms with van der Waals surface area (Å²) in [6.45, 7) is 0.992. The van der Waals surface area contributed by atoms with Crippen molar-refractivity contribution >= 4 is 11.6 Å². The van der Waals surface area contributed by atoms with Crippen LogP contribution in [0.3, 0.4) is 0 Å². The van der Waals surface area contributed by atoms with E-state index in [2.05, 4.69) is 6.07 Å². The molecule has 0 aromatic heterocycles. The van der Waals surface area contributed by atoms with Crippen molar-refractivity contribution in [3.8, 4) is 11.5 Å². The number of hydrogen-bond donors (Lipinski definition) is 1. The molecule has 0 aliphatic carbocycles. The van der Waals surface area contributed by atoms with Gasteiger partial charge in [-0.3, -0.25) is 0 Å². The van der Waals surface area contributed by atoms with Crippen molar-refractivity contribution < 1.29 is 14.6 Å². The Balaban J connectivity index is 1.74. The SMILES string of the molecule is OCc1c(Cl)cccc1OCC1COc2ccccc21. The van der Waals surface area contributed by atoms with Gasteiger partial charge in [0.05, 0.1) is 25.7 Å². The number of rotatable bonds is 4. The number of aliphatic hydroxyl groups excluding tert-OH is 1. The highest BCUT2D eigenvalue weighted by atomic mass is 35.5. The Labute approximate surface area is 122 Å². The first-order chi connectivity index (χ1) is 9.79. The van der Waals surface area contributed by atoms with Crippen LogP contribution in [-0.2, 0) is 6.61 Å². The molecule has 1 heterocycles. The summed E-state index contributed by atoms with van der Waals surface area (Å²) in [7, 11) is 0. The number of hydrogen-bond acceptors (Lipinski definition) is 3. The molecule has 0 amide bonds. The maximum absolute atomic E-state index is 9.36. The number of halogens is 1. The first kappa shape index (κ1) is 13.3. The summed E-state index contributed by atoms with van der Waals surface area (Å²) < 4.78 is 11.4.